The van der Waals surface area contributed by atoms with Gasteiger partial charge in [0.1, 0.15) is 22.3 Å². The topological polar surface area (TPSA) is 96.7 Å². The van der Waals surface area contributed by atoms with E-state index in [0.29, 0.717) is 10.8 Å². The second-order valence-electron chi connectivity index (χ2n) is 5.42. The number of carbonyl (C=O) groups excluding carboxylic acids is 1. The summed E-state index contributed by atoms with van der Waals surface area (Å²) in [7, 11) is 0. The fourth-order valence-electron chi connectivity index (χ4n) is 2.51. The van der Waals surface area contributed by atoms with Gasteiger partial charge in [0.15, 0.2) is 5.13 Å². The Morgan fingerprint density at radius 3 is 2.73 bits per heavy atom. The van der Waals surface area contributed by atoms with Gasteiger partial charge in [-0.1, -0.05) is 17.4 Å². The van der Waals surface area contributed by atoms with Crippen molar-refractivity contribution in [2.24, 2.45) is 0 Å². The first kappa shape index (κ1) is 16.2. The normalized spacial score (nSPS) is 11.0. The van der Waals surface area contributed by atoms with Crippen LogP contribution >= 0.6 is 11.3 Å². The third kappa shape index (κ3) is 2.78. The van der Waals surface area contributed by atoms with Crippen LogP contribution in [0.4, 0.5) is 25.4 Å². The smallest absolute Gasteiger partial charge is 0.212 e. The Hall–Kier alpha value is -3.33. The maximum Gasteiger partial charge on any atom is 0.212 e. The number of nitrogens with two attached hydrogens (primary N) is 1. The Balaban J connectivity index is 1.65. The number of nitrogens with one attached hydrogen (secondary N) is 2. The number of nitrogen functional groups attached to an aromatic ring is 1. The third-order valence-electron chi connectivity index (χ3n) is 3.72. The lowest BCUT2D eigenvalue weighted by Gasteiger charge is -2.02. The van der Waals surface area contributed by atoms with E-state index in [-0.39, 0.29) is 10.7 Å². The molecule has 0 aliphatic carbocycles. The molecule has 0 aliphatic heterocycles. The van der Waals surface area contributed by atoms with E-state index in [4.69, 9.17) is 5.73 Å². The van der Waals surface area contributed by atoms with Gasteiger partial charge in [0.25, 0.3) is 0 Å². The molecule has 0 saturated heterocycles. The molecule has 0 unspecified atom stereocenters. The van der Waals surface area contributed by atoms with Crippen molar-refractivity contribution in [3.63, 3.8) is 0 Å². The SMILES string of the molecule is Nc1nc(Nc2ccc3nc[nH]c3c2)sc1C(=O)c1c(F)cccc1F. The fraction of sp³-hybridized carbons (Fsp3) is 0. The first-order chi connectivity index (χ1) is 12.5. The molecular formula is C17H11F2N5OS. The Morgan fingerprint density at radius 1 is 1.19 bits per heavy atom. The maximum absolute atomic E-state index is 13.8. The van der Waals surface area contributed by atoms with E-state index in [1.807, 2.05) is 12.1 Å². The molecule has 2 aromatic heterocycles. The van der Waals surface area contributed by atoms with E-state index < -0.39 is 23.0 Å². The molecule has 0 spiro atoms. The minimum atomic E-state index is -0.943. The number of aromatic nitrogens is 3. The molecule has 4 aromatic rings. The Morgan fingerprint density at radius 2 is 1.96 bits per heavy atom. The van der Waals surface area contributed by atoms with Gasteiger partial charge >= 0.3 is 0 Å². The molecule has 0 amide bonds. The zero-order valence-corrected chi connectivity index (χ0v) is 13.9. The van der Waals surface area contributed by atoms with Crippen LogP contribution in [0.5, 0.6) is 0 Å². The van der Waals surface area contributed by atoms with Gasteiger partial charge in [-0.15, -0.1) is 0 Å². The van der Waals surface area contributed by atoms with Crippen LogP contribution < -0.4 is 11.1 Å². The number of aromatic amines is 1. The molecule has 0 bridgehead atoms. The van der Waals surface area contributed by atoms with Crippen LogP contribution in [0.1, 0.15) is 15.2 Å². The minimum Gasteiger partial charge on any atom is -0.382 e. The molecule has 0 saturated carbocycles. The van der Waals surface area contributed by atoms with E-state index in [9.17, 15) is 13.6 Å². The molecule has 0 fully saturated rings. The van der Waals surface area contributed by atoms with Gasteiger partial charge in [0, 0.05) is 5.69 Å². The fourth-order valence-corrected chi connectivity index (χ4v) is 3.36. The highest BCUT2D eigenvalue weighted by atomic mass is 32.1. The van der Waals surface area contributed by atoms with Gasteiger partial charge in [0.2, 0.25) is 5.78 Å². The average molecular weight is 371 g/mol. The van der Waals surface area contributed by atoms with Crippen molar-refractivity contribution >= 4 is 44.8 Å². The standard InChI is InChI=1S/C17H11F2N5OS/c18-9-2-1-3-10(19)13(9)14(25)15-16(20)24-17(26-15)23-8-4-5-11-12(6-8)22-7-21-11/h1-7H,20H2,(H,21,22)(H,23,24). The monoisotopic (exact) mass is 371 g/mol. The van der Waals surface area contributed by atoms with Crippen molar-refractivity contribution in [3.8, 4) is 0 Å². The first-order valence-corrected chi connectivity index (χ1v) is 8.30. The number of benzene rings is 2. The summed E-state index contributed by atoms with van der Waals surface area (Å²) in [6.07, 6.45) is 1.58. The zero-order valence-electron chi connectivity index (χ0n) is 13.1. The number of rotatable bonds is 4. The predicted molar refractivity (Wildman–Crippen MR) is 95.7 cm³/mol. The third-order valence-corrected chi connectivity index (χ3v) is 4.71. The van der Waals surface area contributed by atoms with Crippen molar-refractivity contribution in [2.75, 3.05) is 11.1 Å². The number of hydrogen-bond acceptors (Lipinski definition) is 6. The van der Waals surface area contributed by atoms with Crippen molar-refractivity contribution in [3.05, 3.63) is 64.8 Å². The number of halogens is 2. The number of anilines is 3. The molecule has 2 heterocycles. The Bertz CT molecular complexity index is 1120. The lowest BCUT2D eigenvalue weighted by molar-refractivity contribution is 0.103. The number of imidazole rings is 1. The summed E-state index contributed by atoms with van der Waals surface area (Å²) < 4.78 is 27.7. The van der Waals surface area contributed by atoms with E-state index in [2.05, 4.69) is 20.3 Å². The summed E-state index contributed by atoms with van der Waals surface area (Å²) in [5.41, 5.74) is 7.47. The van der Waals surface area contributed by atoms with Crippen molar-refractivity contribution < 1.29 is 13.6 Å². The highest BCUT2D eigenvalue weighted by molar-refractivity contribution is 7.18. The molecule has 2 aromatic carbocycles. The van der Waals surface area contributed by atoms with E-state index in [1.165, 1.54) is 6.07 Å². The van der Waals surface area contributed by atoms with Crippen LogP contribution in [0.15, 0.2) is 42.7 Å². The highest BCUT2D eigenvalue weighted by Gasteiger charge is 2.24. The summed E-state index contributed by atoms with van der Waals surface area (Å²) in [4.78, 5) is 23.6. The number of carbonyl (C=O) groups is 1. The molecule has 0 aliphatic rings. The van der Waals surface area contributed by atoms with Crippen LogP contribution in [0.25, 0.3) is 11.0 Å². The summed E-state index contributed by atoms with van der Waals surface area (Å²) in [6, 6.07) is 8.65. The van der Waals surface area contributed by atoms with Crippen LogP contribution in [0.3, 0.4) is 0 Å². The molecule has 0 radical (unpaired) electrons. The predicted octanol–water partition coefficient (Wildman–Crippen LogP) is 3.85. The number of nitrogens with zero attached hydrogens (tertiary/aromatic N) is 2. The Kier molecular flexibility index (Phi) is 3.85. The van der Waals surface area contributed by atoms with E-state index in [1.54, 1.807) is 12.4 Å². The van der Waals surface area contributed by atoms with Crippen LogP contribution in [-0.4, -0.2) is 20.7 Å². The summed E-state index contributed by atoms with van der Waals surface area (Å²) in [5, 5.41) is 3.36. The summed E-state index contributed by atoms with van der Waals surface area (Å²) in [6.45, 7) is 0. The number of ketones is 1. The largest absolute Gasteiger partial charge is 0.382 e. The van der Waals surface area contributed by atoms with Crippen molar-refractivity contribution in [1.82, 2.24) is 15.0 Å². The quantitative estimate of drug-likeness (QED) is 0.474. The van der Waals surface area contributed by atoms with Gasteiger partial charge in [-0.3, -0.25) is 4.79 Å². The molecule has 6 nitrogen and oxygen atoms in total. The Labute approximate surface area is 149 Å². The van der Waals surface area contributed by atoms with Gasteiger partial charge in [-0.25, -0.2) is 18.7 Å². The average Bonchev–Trinajstić information content (AvgIpc) is 3.20. The highest BCUT2D eigenvalue weighted by Crippen LogP contribution is 2.31. The van der Waals surface area contributed by atoms with Gasteiger partial charge in [-0.2, -0.15) is 0 Å². The second kappa shape index (κ2) is 6.19. The molecule has 26 heavy (non-hydrogen) atoms. The minimum absolute atomic E-state index is 0.0286. The molecular weight excluding hydrogens is 360 g/mol. The maximum atomic E-state index is 13.8. The molecule has 4 N–H and O–H groups in total. The number of thiazole rings is 1. The van der Waals surface area contributed by atoms with Crippen LogP contribution in [0, 0.1) is 11.6 Å². The first-order valence-electron chi connectivity index (χ1n) is 7.48. The van der Waals surface area contributed by atoms with E-state index >= 15 is 0 Å². The van der Waals surface area contributed by atoms with Crippen LogP contribution in [0.2, 0.25) is 0 Å². The van der Waals surface area contributed by atoms with Crippen LogP contribution in [-0.2, 0) is 0 Å². The number of H-pyrrole nitrogens is 1. The van der Waals surface area contributed by atoms with E-state index in [0.717, 1.165) is 34.5 Å². The zero-order chi connectivity index (χ0) is 18.3. The molecule has 130 valence electrons. The van der Waals surface area contributed by atoms with Crippen molar-refractivity contribution in [2.45, 2.75) is 0 Å². The number of hydrogen-bond donors (Lipinski definition) is 3. The molecule has 9 heteroatoms. The molecule has 4 rings (SSSR count). The van der Waals surface area contributed by atoms with Gasteiger partial charge in [-0.05, 0) is 30.3 Å². The summed E-state index contributed by atoms with van der Waals surface area (Å²) >= 11 is 0.926. The van der Waals surface area contributed by atoms with Gasteiger partial charge in [0.05, 0.1) is 22.9 Å². The van der Waals surface area contributed by atoms with Gasteiger partial charge < -0.3 is 16.0 Å². The number of fused-ring (bicyclic) bond motifs is 1. The lowest BCUT2D eigenvalue weighted by atomic mass is 10.1. The molecule has 0 atom stereocenters. The lowest BCUT2D eigenvalue weighted by Crippen LogP contribution is -2.07. The van der Waals surface area contributed by atoms with Crippen molar-refractivity contribution in [1.29, 1.82) is 0 Å². The second-order valence-corrected chi connectivity index (χ2v) is 6.42. The summed E-state index contributed by atoms with van der Waals surface area (Å²) in [5.74, 6) is -2.82.